The van der Waals surface area contributed by atoms with Crippen molar-refractivity contribution in [2.75, 3.05) is 0 Å². The van der Waals surface area contributed by atoms with Crippen LogP contribution in [0.4, 0.5) is 0 Å². The molecule has 1 aromatic rings. The van der Waals surface area contributed by atoms with Crippen molar-refractivity contribution in [3.8, 4) is 0 Å². The van der Waals surface area contributed by atoms with E-state index >= 15 is 0 Å². The second-order valence-corrected chi connectivity index (χ2v) is 3.77. The van der Waals surface area contributed by atoms with Gasteiger partial charge in [-0.25, -0.2) is 0 Å². The van der Waals surface area contributed by atoms with E-state index in [1.807, 2.05) is 20.0 Å². The summed E-state index contributed by atoms with van der Waals surface area (Å²) in [4.78, 5) is 4.28. The Balaban J connectivity index is 3.27. The molecule has 0 fully saturated rings. The Hall–Kier alpha value is -0.560. The Kier molecular flexibility index (Phi) is 2.73. The van der Waals surface area contributed by atoms with Gasteiger partial charge in [0.15, 0.2) is 0 Å². The van der Waals surface area contributed by atoms with Crippen molar-refractivity contribution in [2.45, 2.75) is 33.6 Å². The molecular weight excluding hydrogens is 170 g/mol. The Morgan fingerprint density at radius 1 is 1.33 bits per heavy atom. The SMILES string of the molecule is Cc1ncc(C(C)C)c(Cl)c1C. The van der Waals surface area contributed by atoms with Gasteiger partial charge in [-0.15, -0.1) is 0 Å². The lowest BCUT2D eigenvalue weighted by Crippen LogP contribution is -1.96. The number of pyridine rings is 1. The predicted octanol–water partition coefficient (Wildman–Crippen LogP) is 3.48. The molecule has 0 spiro atoms. The van der Waals surface area contributed by atoms with Crippen LogP contribution in [0, 0.1) is 13.8 Å². The highest BCUT2D eigenvalue weighted by molar-refractivity contribution is 6.32. The lowest BCUT2D eigenvalue weighted by atomic mass is 10.0. The third kappa shape index (κ3) is 1.61. The quantitative estimate of drug-likeness (QED) is 0.650. The molecule has 0 bridgehead atoms. The first kappa shape index (κ1) is 9.53. The Labute approximate surface area is 78.8 Å². The molecule has 0 radical (unpaired) electrons. The molecule has 1 heterocycles. The van der Waals surface area contributed by atoms with E-state index in [9.17, 15) is 0 Å². The zero-order valence-corrected chi connectivity index (χ0v) is 8.74. The van der Waals surface area contributed by atoms with Crippen molar-refractivity contribution < 1.29 is 0 Å². The first-order chi connectivity index (χ1) is 5.54. The van der Waals surface area contributed by atoms with E-state index in [1.165, 1.54) is 0 Å². The van der Waals surface area contributed by atoms with Crippen molar-refractivity contribution in [3.05, 3.63) is 28.0 Å². The number of hydrogen-bond donors (Lipinski definition) is 0. The van der Waals surface area contributed by atoms with Gasteiger partial charge in [-0.1, -0.05) is 25.4 Å². The van der Waals surface area contributed by atoms with Gasteiger partial charge in [0.1, 0.15) is 0 Å². The predicted molar refractivity (Wildman–Crippen MR) is 52.8 cm³/mol. The Bertz CT molecular complexity index is 292. The second-order valence-electron chi connectivity index (χ2n) is 3.39. The summed E-state index contributed by atoms with van der Waals surface area (Å²) < 4.78 is 0. The normalized spacial score (nSPS) is 10.8. The fraction of sp³-hybridized carbons (Fsp3) is 0.500. The highest BCUT2D eigenvalue weighted by Crippen LogP contribution is 2.27. The van der Waals surface area contributed by atoms with Crippen LogP contribution >= 0.6 is 11.6 Å². The summed E-state index contributed by atoms with van der Waals surface area (Å²) in [5.41, 5.74) is 3.26. The molecule has 0 saturated carbocycles. The molecule has 2 heteroatoms. The average molecular weight is 184 g/mol. The van der Waals surface area contributed by atoms with E-state index in [4.69, 9.17) is 11.6 Å². The molecule has 0 N–H and O–H groups in total. The smallest absolute Gasteiger partial charge is 0.0503 e. The van der Waals surface area contributed by atoms with Gasteiger partial charge in [0.25, 0.3) is 0 Å². The third-order valence-corrected chi connectivity index (χ3v) is 2.65. The molecule has 1 nitrogen and oxygen atoms in total. The first-order valence-corrected chi connectivity index (χ1v) is 4.53. The fourth-order valence-electron chi connectivity index (χ4n) is 1.10. The van der Waals surface area contributed by atoms with Gasteiger partial charge in [0.05, 0.1) is 5.02 Å². The lowest BCUT2D eigenvalue weighted by Gasteiger charge is -2.10. The van der Waals surface area contributed by atoms with Crippen molar-refractivity contribution >= 4 is 11.6 Å². The molecule has 0 atom stereocenters. The standard InChI is InChI=1S/C10H14ClN/c1-6(2)9-5-12-8(4)7(3)10(9)11/h5-6H,1-4H3. The molecule has 1 rings (SSSR count). The summed E-state index contributed by atoms with van der Waals surface area (Å²) in [5.74, 6) is 0.448. The fourth-order valence-corrected chi connectivity index (χ4v) is 1.50. The highest BCUT2D eigenvalue weighted by atomic mass is 35.5. The van der Waals surface area contributed by atoms with Gasteiger partial charge in [0, 0.05) is 11.9 Å². The zero-order valence-electron chi connectivity index (χ0n) is 7.98. The molecule has 66 valence electrons. The van der Waals surface area contributed by atoms with Gasteiger partial charge in [-0.3, -0.25) is 4.98 Å². The van der Waals surface area contributed by atoms with E-state index in [0.717, 1.165) is 21.8 Å². The van der Waals surface area contributed by atoms with Gasteiger partial charge in [-0.05, 0) is 30.9 Å². The van der Waals surface area contributed by atoms with Gasteiger partial charge in [0.2, 0.25) is 0 Å². The maximum atomic E-state index is 6.15. The van der Waals surface area contributed by atoms with Gasteiger partial charge in [-0.2, -0.15) is 0 Å². The van der Waals surface area contributed by atoms with Gasteiger partial charge < -0.3 is 0 Å². The first-order valence-electron chi connectivity index (χ1n) is 4.15. The summed E-state index contributed by atoms with van der Waals surface area (Å²) in [5, 5.41) is 0.873. The number of aryl methyl sites for hydroxylation is 1. The topological polar surface area (TPSA) is 12.9 Å². The molecule has 0 aliphatic rings. The summed E-state index contributed by atoms with van der Waals surface area (Å²) in [7, 11) is 0. The minimum atomic E-state index is 0.448. The number of halogens is 1. The maximum Gasteiger partial charge on any atom is 0.0503 e. The zero-order chi connectivity index (χ0) is 9.30. The molecule has 0 aliphatic carbocycles. The Morgan fingerprint density at radius 3 is 2.42 bits per heavy atom. The van der Waals surface area contributed by atoms with Crippen LogP contribution < -0.4 is 0 Å². The molecule has 0 unspecified atom stereocenters. The number of rotatable bonds is 1. The number of hydrogen-bond acceptors (Lipinski definition) is 1. The molecular formula is C10H14ClN. The van der Waals surface area contributed by atoms with Crippen LogP contribution in [-0.2, 0) is 0 Å². The highest BCUT2D eigenvalue weighted by Gasteiger charge is 2.09. The van der Waals surface area contributed by atoms with E-state index in [2.05, 4.69) is 18.8 Å². The van der Waals surface area contributed by atoms with E-state index < -0.39 is 0 Å². The molecule has 1 aromatic heterocycles. The largest absolute Gasteiger partial charge is 0.261 e. The van der Waals surface area contributed by atoms with Crippen molar-refractivity contribution in [1.82, 2.24) is 4.98 Å². The molecule has 0 aromatic carbocycles. The molecule has 0 amide bonds. The van der Waals surface area contributed by atoms with Crippen LogP contribution in [0.3, 0.4) is 0 Å². The van der Waals surface area contributed by atoms with Crippen LogP contribution in [0.1, 0.15) is 36.6 Å². The van der Waals surface area contributed by atoms with Crippen LogP contribution in [0.2, 0.25) is 5.02 Å². The summed E-state index contributed by atoms with van der Waals surface area (Å²) in [6.45, 7) is 8.23. The second kappa shape index (κ2) is 3.44. The number of nitrogens with zero attached hydrogens (tertiary/aromatic N) is 1. The summed E-state index contributed by atoms with van der Waals surface area (Å²) in [6, 6.07) is 0. The monoisotopic (exact) mass is 183 g/mol. The maximum absolute atomic E-state index is 6.15. The Morgan fingerprint density at radius 2 is 1.92 bits per heavy atom. The van der Waals surface area contributed by atoms with Crippen molar-refractivity contribution in [1.29, 1.82) is 0 Å². The van der Waals surface area contributed by atoms with Crippen molar-refractivity contribution in [3.63, 3.8) is 0 Å². The molecule has 12 heavy (non-hydrogen) atoms. The lowest BCUT2D eigenvalue weighted by molar-refractivity contribution is 0.852. The molecule has 0 saturated heterocycles. The summed E-state index contributed by atoms with van der Waals surface area (Å²) in [6.07, 6.45) is 1.87. The van der Waals surface area contributed by atoms with E-state index in [1.54, 1.807) is 0 Å². The van der Waals surface area contributed by atoms with Gasteiger partial charge >= 0.3 is 0 Å². The average Bonchev–Trinajstić information content (AvgIpc) is 2.00. The minimum Gasteiger partial charge on any atom is -0.261 e. The van der Waals surface area contributed by atoms with Crippen LogP contribution in [0.5, 0.6) is 0 Å². The van der Waals surface area contributed by atoms with E-state index in [0.29, 0.717) is 5.92 Å². The van der Waals surface area contributed by atoms with Crippen LogP contribution in [0.15, 0.2) is 6.20 Å². The summed E-state index contributed by atoms with van der Waals surface area (Å²) >= 11 is 6.15. The van der Waals surface area contributed by atoms with E-state index in [-0.39, 0.29) is 0 Å². The van der Waals surface area contributed by atoms with Crippen LogP contribution in [-0.4, -0.2) is 4.98 Å². The van der Waals surface area contributed by atoms with Crippen LogP contribution in [0.25, 0.3) is 0 Å². The van der Waals surface area contributed by atoms with Crippen molar-refractivity contribution in [2.24, 2.45) is 0 Å². The third-order valence-electron chi connectivity index (χ3n) is 2.14. The minimum absolute atomic E-state index is 0.448. The molecule has 0 aliphatic heterocycles. The number of aromatic nitrogens is 1.